The topological polar surface area (TPSA) is 49.8 Å². The summed E-state index contributed by atoms with van der Waals surface area (Å²) in [5.74, 6) is 1.59. The van der Waals surface area contributed by atoms with Gasteiger partial charge in [-0.15, -0.1) is 0 Å². The predicted molar refractivity (Wildman–Crippen MR) is 96.2 cm³/mol. The molecule has 0 spiro atoms. The van der Waals surface area contributed by atoms with Crippen LogP contribution in [-0.2, 0) is 6.42 Å². The van der Waals surface area contributed by atoms with Crippen molar-refractivity contribution in [2.45, 2.75) is 44.6 Å². The molecule has 2 aromatic rings. The summed E-state index contributed by atoms with van der Waals surface area (Å²) in [6.07, 6.45) is 9.11. The lowest BCUT2D eigenvalue weighted by Crippen LogP contribution is -2.23. The first-order valence-electron chi connectivity index (χ1n) is 8.37. The summed E-state index contributed by atoms with van der Waals surface area (Å²) in [5.41, 5.74) is 1.22. The quantitative estimate of drug-likeness (QED) is 0.817. The summed E-state index contributed by atoms with van der Waals surface area (Å²) in [6.45, 7) is 0.820. The van der Waals surface area contributed by atoms with E-state index in [-0.39, 0.29) is 0 Å². The van der Waals surface area contributed by atoms with Gasteiger partial charge in [0.1, 0.15) is 5.82 Å². The number of hydrogen-bond donors (Lipinski definition) is 2. The van der Waals surface area contributed by atoms with Gasteiger partial charge < -0.3 is 10.6 Å². The molecule has 5 heteroatoms. The highest BCUT2D eigenvalue weighted by Crippen LogP contribution is 2.20. The Morgan fingerprint density at radius 3 is 2.83 bits per heavy atom. The van der Waals surface area contributed by atoms with Crippen LogP contribution >= 0.6 is 11.6 Å². The van der Waals surface area contributed by atoms with Crippen LogP contribution in [0, 0.1) is 0 Å². The molecule has 1 fully saturated rings. The molecule has 0 radical (unpaired) electrons. The van der Waals surface area contributed by atoms with Crippen molar-refractivity contribution in [1.82, 2.24) is 9.97 Å². The number of anilines is 2. The van der Waals surface area contributed by atoms with Gasteiger partial charge in [0.2, 0.25) is 5.95 Å². The Kier molecular flexibility index (Phi) is 5.70. The fraction of sp³-hybridized carbons (Fsp3) is 0.444. The first-order chi connectivity index (χ1) is 11.3. The fourth-order valence-corrected chi connectivity index (χ4v) is 3.20. The van der Waals surface area contributed by atoms with Crippen molar-refractivity contribution in [1.29, 1.82) is 0 Å². The van der Waals surface area contributed by atoms with Crippen LogP contribution < -0.4 is 10.6 Å². The van der Waals surface area contributed by atoms with E-state index in [1.54, 1.807) is 6.20 Å². The summed E-state index contributed by atoms with van der Waals surface area (Å²) in [7, 11) is 0. The molecule has 1 aromatic carbocycles. The second-order valence-electron chi connectivity index (χ2n) is 6.05. The van der Waals surface area contributed by atoms with Crippen molar-refractivity contribution in [2.24, 2.45) is 0 Å². The smallest absolute Gasteiger partial charge is 0.224 e. The zero-order valence-electron chi connectivity index (χ0n) is 13.3. The maximum absolute atomic E-state index is 6.00. The lowest BCUT2D eigenvalue weighted by Gasteiger charge is -2.22. The molecule has 0 amide bonds. The van der Waals surface area contributed by atoms with E-state index in [1.807, 2.05) is 24.3 Å². The molecule has 1 aliphatic carbocycles. The SMILES string of the molecule is Clc1cccc(CCNc2ccnc(NC3CCCCC3)n2)c1. The fourth-order valence-electron chi connectivity index (χ4n) is 2.98. The summed E-state index contributed by atoms with van der Waals surface area (Å²) in [4.78, 5) is 8.89. The normalized spacial score (nSPS) is 15.3. The lowest BCUT2D eigenvalue weighted by molar-refractivity contribution is 0.461. The summed E-state index contributed by atoms with van der Waals surface area (Å²) in [6, 6.07) is 10.4. The Balaban J connectivity index is 1.51. The van der Waals surface area contributed by atoms with Crippen LogP contribution in [0.1, 0.15) is 37.7 Å². The Bertz CT molecular complexity index is 626. The molecule has 3 rings (SSSR count). The third-order valence-electron chi connectivity index (χ3n) is 4.20. The van der Waals surface area contributed by atoms with Crippen molar-refractivity contribution >= 4 is 23.4 Å². The molecule has 1 aliphatic rings. The number of nitrogens with one attached hydrogen (secondary N) is 2. The highest BCUT2D eigenvalue weighted by molar-refractivity contribution is 6.30. The Morgan fingerprint density at radius 2 is 2.00 bits per heavy atom. The van der Waals surface area contributed by atoms with Gasteiger partial charge in [-0.25, -0.2) is 4.98 Å². The molecular formula is C18H23ClN4. The largest absolute Gasteiger partial charge is 0.370 e. The lowest BCUT2D eigenvalue weighted by atomic mass is 9.96. The maximum Gasteiger partial charge on any atom is 0.224 e. The Morgan fingerprint density at radius 1 is 1.13 bits per heavy atom. The van der Waals surface area contributed by atoms with Gasteiger partial charge in [0.15, 0.2) is 0 Å². The number of halogens is 1. The van der Waals surface area contributed by atoms with E-state index in [4.69, 9.17) is 11.6 Å². The third kappa shape index (κ3) is 5.10. The minimum atomic E-state index is 0.519. The molecule has 0 unspecified atom stereocenters. The van der Waals surface area contributed by atoms with Crippen LogP contribution in [0.15, 0.2) is 36.5 Å². The van der Waals surface area contributed by atoms with E-state index >= 15 is 0 Å². The van der Waals surface area contributed by atoms with Crippen molar-refractivity contribution in [3.63, 3.8) is 0 Å². The first-order valence-corrected chi connectivity index (χ1v) is 8.75. The summed E-state index contributed by atoms with van der Waals surface area (Å²) < 4.78 is 0. The van der Waals surface area contributed by atoms with Crippen molar-refractivity contribution in [3.05, 3.63) is 47.1 Å². The molecule has 2 N–H and O–H groups in total. The van der Waals surface area contributed by atoms with E-state index < -0.39 is 0 Å². The van der Waals surface area contributed by atoms with E-state index in [0.29, 0.717) is 6.04 Å². The summed E-state index contributed by atoms with van der Waals surface area (Å²) in [5, 5.41) is 7.59. The van der Waals surface area contributed by atoms with Gasteiger partial charge in [-0.05, 0) is 43.0 Å². The minimum Gasteiger partial charge on any atom is -0.370 e. The zero-order chi connectivity index (χ0) is 15.9. The van der Waals surface area contributed by atoms with Gasteiger partial charge in [0.25, 0.3) is 0 Å². The molecular weight excluding hydrogens is 308 g/mol. The maximum atomic E-state index is 6.00. The molecule has 1 heterocycles. The van der Waals surface area contributed by atoms with E-state index in [9.17, 15) is 0 Å². The van der Waals surface area contributed by atoms with Gasteiger partial charge in [-0.3, -0.25) is 0 Å². The molecule has 0 aliphatic heterocycles. The number of hydrogen-bond acceptors (Lipinski definition) is 4. The average molecular weight is 331 g/mol. The Hall–Kier alpha value is -1.81. The summed E-state index contributed by atoms with van der Waals surface area (Å²) >= 11 is 6.00. The van der Waals surface area contributed by atoms with Crippen molar-refractivity contribution < 1.29 is 0 Å². The number of benzene rings is 1. The van der Waals surface area contributed by atoms with Crippen molar-refractivity contribution in [2.75, 3.05) is 17.2 Å². The second-order valence-corrected chi connectivity index (χ2v) is 6.49. The predicted octanol–water partition coefficient (Wildman–Crippen LogP) is 4.53. The molecule has 0 atom stereocenters. The number of aromatic nitrogens is 2. The van der Waals surface area contributed by atoms with Gasteiger partial charge >= 0.3 is 0 Å². The second kappa shape index (κ2) is 8.16. The minimum absolute atomic E-state index is 0.519. The van der Waals surface area contributed by atoms with Crippen LogP contribution in [0.2, 0.25) is 5.02 Å². The Labute approximate surface area is 142 Å². The number of rotatable bonds is 6. The molecule has 0 bridgehead atoms. The zero-order valence-corrected chi connectivity index (χ0v) is 14.0. The van der Waals surface area contributed by atoms with Crippen LogP contribution in [0.25, 0.3) is 0 Å². The van der Waals surface area contributed by atoms with Gasteiger partial charge in [-0.1, -0.05) is 43.0 Å². The molecule has 0 saturated heterocycles. The third-order valence-corrected chi connectivity index (χ3v) is 4.44. The van der Waals surface area contributed by atoms with Crippen LogP contribution in [0.5, 0.6) is 0 Å². The molecule has 1 aromatic heterocycles. The van der Waals surface area contributed by atoms with Crippen LogP contribution in [0.4, 0.5) is 11.8 Å². The van der Waals surface area contributed by atoms with Crippen molar-refractivity contribution in [3.8, 4) is 0 Å². The van der Waals surface area contributed by atoms with Crippen LogP contribution in [0.3, 0.4) is 0 Å². The van der Waals surface area contributed by atoms with Gasteiger partial charge in [0.05, 0.1) is 0 Å². The molecule has 4 nitrogen and oxygen atoms in total. The highest BCUT2D eigenvalue weighted by Gasteiger charge is 2.14. The van der Waals surface area contributed by atoms with E-state index in [0.717, 1.165) is 29.8 Å². The first kappa shape index (κ1) is 16.1. The van der Waals surface area contributed by atoms with E-state index in [1.165, 1.54) is 37.7 Å². The van der Waals surface area contributed by atoms with E-state index in [2.05, 4.69) is 26.7 Å². The molecule has 122 valence electrons. The molecule has 23 heavy (non-hydrogen) atoms. The molecule has 1 saturated carbocycles. The standard InChI is InChI=1S/C18H23ClN4/c19-15-6-4-5-14(13-15)9-11-20-17-10-12-21-18(23-17)22-16-7-2-1-3-8-16/h4-6,10,12-13,16H,1-3,7-9,11H2,(H2,20,21,22,23). The van der Waals surface area contributed by atoms with Gasteiger partial charge in [0, 0.05) is 23.8 Å². The monoisotopic (exact) mass is 330 g/mol. The van der Waals surface area contributed by atoms with Gasteiger partial charge in [-0.2, -0.15) is 4.98 Å². The highest BCUT2D eigenvalue weighted by atomic mass is 35.5. The number of nitrogens with zero attached hydrogens (tertiary/aromatic N) is 2. The average Bonchev–Trinajstić information content (AvgIpc) is 2.56. The van der Waals surface area contributed by atoms with Crippen LogP contribution in [-0.4, -0.2) is 22.6 Å².